The predicted octanol–water partition coefficient (Wildman–Crippen LogP) is 4.36. The molecule has 3 N–H and O–H groups in total. The van der Waals surface area contributed by atoms with Crippen LogP contribution in [-0.2, 0) is 16.1 Å². The molecular formula is C20H18ClF5N2O4. The Kier molecular flexibility index (Phi) is 9.21. The smallest absolute Gasteiger partial charge is 0.408 e. The Labute approximate surface area is 184 Å². The molecule has 2 aromatic rings. The molecule has 2 rings (SSSR count). The molecule has 32 heavy (non-hydrogen) atoms. The van der Waals surface area contributed by atoms with E-state index in [0.717, 1.165) is 0 Å². The Balaban J connectivity index is 2.13. The highest BCUT2D eigenvalue weighted by Gasteiger charge is 2.31. The Morgan fingerprint density at radius 2 is 1.56 bits per heavy atom. The van der Waals surface area contributed by atoms with E-state index in [1.807, 2.05) is 0 Å². The second-order valence-corrected chi connectivity index (χ2v) is 6.88. The molecule has 0 saturated heterocycles. The van der Waals surface area contributed by atoms with Crippen molar-refractivity contribution < 1.29 is 41.0 Å². The summed E-state index contributed by atoms with van der Waals surface area (Å²) in [7, 11) is 0. The van der Waals surface area contributed by atoms with Crippen molar-refractivity contribution >= 4 is 23.7 Å². The summed E-state index contributed by atoms with van der Waals surface area (Å²) in [6, 6.07) is 4.95. The van der Waals surface area contributed by atoms with E-state index in [1.54, 1.807) is 24.3 Å². The van der Waals surface area contributed by atoms with Crippen LogP contribution in [0.4, 0.5) is 26.7 Å². The van der Waals surface area contributed by atoms with Crippen molar-refractivity contribution in [3.63, 3.8) is 0 Å². The van der Waals surface area contributed by atoms with Gasteiger partial charge < -0.3 is 20.5 Å². The van der Waals surface area contributed by atoms with Crippen molar-refractivity contribution in [2.45, 2.75) is 31.9 Å². The molecule has 0 saturated carbocycles. The Hall–Kier alpha value is -2.92. The predicted molar refractivity (Wildman–Crippen MR) is 103 cm³/mol. The maximum absolute atomic E-state index is 13.8. The molecule has 0 radical (unpaired) electrons. The van der Waals surface area contributed by atoms with E-state index < -0.39 is 52.9 Å². The average Bonchev–Trinajstić information content (AvgIpc) is 2.78. The van der Waals surface area contributed by atoms with E-state index in [2.05, 4.69) is 10.1 Å². The van der Waals surface area contributed by atoms with Crippen LogP contribution < -0.4 is 15.8 Å². The summed E-state index contributed by atoms with van der Waals surface area (Å²) in [5.74, 6) is -14.8. The number of esters is 1. The third-order valence-electron chi connectivity index (χ3n) is 4.21. The summed E-state index contributed by atoms with van der Waals surface area (Å²) in [5, 5.41) is 2.46. The van der Waals surface area contributed by atoms with Gasteiger partial charge in [-0.3, -0.25) is 0 Å². The number of nitrogens with two attached hydrogens (primary N) is 1. The first-order valence-electron chi connectivity index (χ1n) is 9.27. The number of amides is 1. The van der Waals surface area contributed by atoms with Gasteiger partial charge in [-0.25, -0.2) is 22.8 Å². The third-order valence-corrected chi connectivity index (χ3v) is 4.58. The number of alkyl carbamates (subject to hydrolysis) is 1. The van der Waals surface area contributed by atoms with E-state index in [1.165, 1.54) is 0 Å². The molecule has 6 nitrogen and oxygen atoms in total. The topological polar surface area (TPSA) is 90.6 Å². The molecule has 0 aromatic heterocycles. The van der Waals surface area contributed by atoms with Crippen LogP contribution in [0.15, 0.2) is 24.3 Å². The van der Waals surface area contributed by atoms with Crippen LogP contribution in [0, 0.1) is 29.1 Å². The first-order chi connectivity index (χ1) is 15.2. The summed E-state index contributed by atoms with van der Waals surface area (Å²) < 4.78 is 76.8. The second kappa shape index (κ2) is 11.6. The maximum atomic E-state index is 13.8. The summed E-state index contributed by atoms with van der Waals surface area (Å²) in [5.41, 5.74) is 5.84. The number of ether oxygens (including phenoxy) is 2. The largest absolute Gasteiger partial charge is 0.445 e. The molecule has 0 spiro atoms. The normalized spacial score (nSPS) is 11.7. The van der Waals surface area contributed by atoms with Crippen LogP contribution in [-0.4, -0.2) is 24.6 Å². The lowest BCUT2D eigenvalue weighted by Gasteiger charge is -2.18. The fraction of sp³-hybridized carbons (Fsp3) is 0.300. The number of hydrogen-bond donors (Lipinski definition) is 2. The molecule has 1 atom stereocenters. The Bertz CT molecular complexity index is 964. The number of hydrogen-bond acceptors (Lipinski definition) is 5. The lowest BCUT2D eigenvalue weighted by Crippen LogP contribution is -2.43. The zero-order valence-electron chi connectivity index (χ0n) is 16.4. The zero-order valence-corrected chi connectivity index (χ0v) is 17.2. The highest BCUT2D eigenvalue weighted by atomic mass is 35.5. The van der Waals surface area contributed by atoms with E-state index in [4.69, 9.17) is 22.1 Å². The molecule has 0 bridgehead atoms. The standard InChI is InChI=1S/C20H18ClF5N2O4/c21-11-6-2-1-5-10(11)9-31-20(30)28-12(7-3-4-8-27)19(29)32-18-16(25)14(23)13(22)15(24)17(18)26/h1-2,5-6,12H,3-4,7-9,27H2,(H,28,30)/t12-/m0/s1. The number of nitrogens with one attached hydrogen (secondary N) is 1. The van der Waals surface area contributed by atoms with Gasteiger partial charge in [-0.05, 0) is 31.9 Å². The molecule has 12 heteroatoms. The number of carbonyl (C=O) groups excluding carboxylic acids is 2. The number of halogens is 6. The highest BCUT2D eigenvalue weighted by molar-refractivity contribution is 6.31. The Morgan fingerprint density at radius 1 is 0.969 bits per heavy atom. The summed E-state index contributed by atoms with van der Waals surface area (Å²) in [4.78, 5) is 24.5. The first kappa shape index (κ1) is 25.3. The van der Waals surface area contributed by atoms with Crippen molar-refractivity contribution in [3.05, 3.63) is 63.9 Å². The highest BCUT2D eigenvalue weighted by Crippen LogP contribution is 2.29. The van der Waals surface area contributed by atoms with Gasteiger partial charge in [0.1, 0.15) is 12.6 Å². The molecule has 0 fully saturated rings. The van der Waals surface area contributed by atoms with Gasteiger partial charge >= 0.3 is 12.1 Å². The second-order valence-electron chi connectivity index (χ2n) is 6.47. The van der Waals surface area contributed by atoms with Gasteiger partial charge in [0.2, 0.25) is 34.8 Å². The quantitative estimate of drug-likeness (QED) is 0.139. The van der Waals surface area contributed by atoms with E-state index in [9.17, 15) is 31.5 Å². The van der Waals surface area contributed by atoms with Crippen LogP contribution in [0.3, 0.4) is 0 Å². The molecule has 1 amide bonds. The van der Waals surface area contributed by atoms with Crippen LogP contribution in [0.25, 0.3) is 0 Å². The molecule has 0 aliphatic carbocycles. The molecular weight excluding hydrogens is 463 g/mol. The third kappa shape index (κ3) is 6.30. The average molecular weight is 481 g/mol. The van der Waals surface area contributed by atoms with Gasteiger partial charge in [-0.15, -0.1) is 0 Å². The molecule has 174 valence electrons. The minimum absolute atomic E-state index is 0.105. The summed E-state index contributed by atoms with van der Waals surface area (Å²) >= 11 is 5.95. The Morgan fingerprint density at radius 3 is 2.16 bits per heavy atom. The number of unbranched alkanes of at least 4 members (excludes halogenated alkanes) is 1. The van der Waals surface area contributed by atoms with Gasteiger partial charge in [0.05, 0.1) is 0 Å². The maximum Gasteiger partial charge on any atom is 0.408 e. The molecule has 0 heterocycles. The van der Waals surface area contributed by atoms with Crippen molar-refractivity contribution in [2.24, 2.45) is 5.73 Å². The summed E-state index contributed by atoms with van der Waals surface area (Å²) in [6.45, 7) is -0.00984. The van der Waals surface area contributed by atoms with Gasteiger partial charge in [0.25, 0.3) is 0 Å². The fourth-order valence-electron chi connectivity index (χ4n) is 2.53. The number of rotatable bonds is 9. The van der Waals surface area contributed by atoms with Crippen molar-refractivity contribution in [1.82, 2.24) is 5.32 Å². The van der Waals surface area contributed by atoms with Crippen molar-refractivity contribution in [3.8, 4) is 5.75 Å². The minimum Gasteiger partial charge on any atom is -0.445 e. The number of benzene rings is 2. The van der Waals surface area contributed by atoms with Crippen LogP contribution in [0.2, 0.25) is 5.02 Å². The van der Waals surface area contributed by atoms with E-state index in [0.29, 0.717) is 17.0 Å². The lowest BCUT2D eigenvalue weighted by molar-refractivity contribution is -0.137. The van der Waals surface area contributed by atoms with Crippen molar-refractivity contribution in [2.75, 3.05) is 6.54 Å². The van der Waals surface area contributed by atoms with E-state index >= 15 is 0 Å². The number of carbonyl (C=O) groups is 2. The fourth-order valence-corrected chi connectivity index (χ4v) is 2.72. The van der Waals surface area contributed by atoms with Crippen LogP contribution >= 0.6 is 11.6 Å². The monoisotopic (exact) mass is 480 g/mol. The van der Waals surface area contributed by atoms with Gasteiger partial charge in [-0.1, -0.05) is 29.8 Å². The van der Waals surface area contributed by atoms with Crippen LogP contribution in [0.1, 0.15) is 24.8 Å². The van der Waals surface area contributed by atoms with Crippen LogP contribution in [0.5, 0.6) is 5.75 Å². The molecule has 0 unspecified atom stereocenters. The molecule has 2 aromatic carbocycles. The SMILES string of the molecule is NCCCC[C@H](NC(=O)OCc1ccccc1Cl)C(=O)Oc1c(F)c(F)c(F)c(F)c1F. The lowest BCUT2D eigenvalue weighted by atomic mass is 10.1. The van der Waals surface area contributed by atoms with Crippen molar-refractivity contribution in [1.29, 1.82) is 0 Å². The van der Waals surface area contributed by atoms with E-state index in [-0.39, 0.29) is 26.0 Å². The van der Waals surface area contributed by atoms with Gasteiger partial charge in [-0.2, -0.15) is 8.78 Å². The zero-order chi connectivity index (χ0) is 23.8. The summed E-state index contributed by atoms with van der Waals surface area (Å²) in [6.07, 6.45) is -0.509. The van der Waals surface area contributed by atoms with Gasteiger partial charge in [0, 0.05) is 10.6 Å². The van der Waals surface area contributed by atoms with Gasteiger partial charge in [0.15, 0.2) is 0 Å². The molecule has 0 aliphatic rings. The minimum atomic E-state index is -2.40. The first-order valence-corrected chi connectivity index (χ1v) is 9.65. The molecule has 0 aliphatic heterocycles.